The van der Waals surface area contributed by atoms with E-state index >= 15 is 0 Å². The van der Waals surface area contributed by atoms with E-state index in [-0.39, 0.29) is 55.4 Å². The maximum Gasteiger partial charge on any atom is 0.266 e. The summed E-state index contributed by atoms with van der Waals surface area (Å²) >= 11 is 0. The molecule has 316 valence electrons. The van der Waals surface area contributed by atoms with Crippen molar-refractivity contribution in [1.29, 1.82) is 0 Å². The largest absolute Gasteiger partial charge is 0.493 e. The Balaban J connectivity index is 0.840. The lowest BCUT2D eigenvalue weighted by Crippen LogP contribution is -2.54. The molecule has 3 aromatic rings. The van der Waals surface area contributed by atoms with Crippen LogP contribution >= 0.6 is 0 Å². The summed E-state index contributed by atoms with van der Waals surface area (Å²) in [6, 6.07) is 17.0. The van der Waals surface area contributed by atoms with Gasteiger partial charge in [0.1, 0.15) is 17.5 Å². The van der Waals surface area contributed by atoms with Crippen LogP contribution in [0.4, 0.5) is 0 Å². The highest BCUT2D eigenvalue weighted by atomic mass is 16.5. The van der Waals surface area contributed by atoms with Crippen LogP contribution in [0.15, 0.2) is 60.7 Å². The van der Waals surface area contributed by atoms with E-state index in [4.69, 9.17) is 33.2 Å². The first kappa shape index (κ1) is 44.1. The van der Waals surface area contributed by atoms with Gasteiger partial charge in [-0.15, -0.1) is 0 Å². The number of hydrogen-bond donors (Lipinski definition) is 3. The Morgan fingerprint density at radius 3 is 1.98 bits per heavy atom. The highest BCUT2D eigenvalue weighted by Crippen LogP contribution is 2.33. The van der Waals surface area contributed by atoms with Gasteiger partial charge in [-0.2, -0.15) is 0 Å². The minimum atomic E-state index is -1.11. The molecule has 0 saturated carbocycles. The topological polar surface area (TPSA) is 206 Å². The van der Waals surface area contributed by atoms with E-state index < -0.39 is 42.2 Å². The first-order valence-electron chi connectivity index (χ1n) is 19.3. The van der Waals surface area contributed by atoms with Crippen molar-refractivity contribution >= 4 is 35.4 Å². The number of hydrogen-bond acceptors (Lipinski definition) is 13. The van der Waals surface area contributed by atoms with Crippen molar-refractivity contribution in [3.63, 3.8) is 0 Å². The van der Waals surface area contributed by atoms with E-state index in [1.807, 2.05) is 42.5 Å². The number of rotatable bonds is 25. The van der Waals surface area contributed by atoms with Gasteiger partial charge in [0, 0.05) is 19.5 Å². The number of fused-ring (bicyclic) bond motifs is 1. The summed E-state index contributed by atoms with van der Waals surface area (Å²) in [6.45, 7) is 1.81. The predicted octanol–water partition coefficient (Wildman–Crippen LogP) is 2.02. The zero-order valence-corrected chi connectivity index (χ0v) is 33.2. The summed E-state index contributed by atoms with van der Waals surface area (Å²) in [6.07, 6.45) is 2.72. The van der Waals surface area contributed by atoms with Gasteiger partial charge in [0.2, 0.25) is 11.8 Å². The molecule has 0 aromatic heterocycles. The summed E-state index contributed by atoms with van der Waals surface area (Å²) in [5, 5.41) is 7.56. The fraction of sp³-hybridized carbons (Fsp3) is 0.429. The lowest BCUT2D eigenvalue weighted by atomic mass is 10.0. The lowest BCUT2D eigenvalue weighted by Gasteiger charge is -2.27. The van der Waals surface area contributed by atoms with E-state index in [1.165, 1.54) is 18.2 Å². The molecule has 0 bridgehead atoms. The molecule has 6 amide bonds. The number of amides is 6. The summed E-state index contributed by atoms with van der Waals surface area (Å²) < 4.78 is 38.4. The number of carbonyl (C=O) groups excluding carboxylic acids is 6. The fourth-order valence-corrected chi connectivity index (χ4v) is 6.39. The maximum atomic E-state index is 13.2. The van der Waals surface area contributed by atoms with Gasteiger partial charge in [0.15, 0.2) is 24.7 Å². The van der Waals surface area contributed by atoms with Crippen molar-refractivity contribution in [1.82, 2.24) is 20.9 Å². The molecule has 1 fully saturated rings. The van der Waals surface area contributed by atoms with Crippen LogP contribution in [0.25, 0.3) is 0 Å². The number of ether oxygens (including phenoxy) is 7. The van der Waals surface area contributed by atoms with Gasteiger partial charge in [0.25, 0.3) is 23.6 Å². The summed E-state index contributed by atoms with van der Waals surface area (Å²) in [5.41, 5.74) is 2.31. The number of benzene rings is 3. The van der Waals surface area contributed by atoms with Gasteiger partial charge in [-0.25, -0.2) is 0 Å². The molecule has 0 spiro atoms. The van der Waals surface area contributed by atoms with Gasteiger partial charge in [-0.3, -0.25) is 39.0 Å². The van der Waals surface area contributed by atoms with Crippen LogP contribution < -0.4 is 34.9 Å². The standard InChI is InChI=1S/C42H50N4O13/c1-53-33-14-12-29(25-35(33)54-2)7-3-6-28-8-4-9-30(24-28)58-26-37(48)43-16-18-55-20-22-57-23-21-56-19-17-44-38(49)27-59-34-11-5-10-31-39(34)42(52)46(41(31)51)32-13-15-36(47)45-40(32)50/h4-5,8-12,14,24-25,32H,3,6-7,13,15-23,26-27H2,1-2H3,(H,43,48)(H,44,49)(H,45,47,50). The molecule has 1 unspecified atom stereocenters. The van der Waals surface area contributed by atoms with Crippen molar-refractivity contribution in [2.24, 2.45) is 0 Å². The van der Waals surface area contributed by atoms with Crippen molar-refractivity contribution in [3.8, 4) is 23.0 Å². The first-order chi connectivity index (χ1) is 28.7. The number of piperidine rings is 1. The average molecular weight is 819 g/mol. The molecule has 2 aliphatic rings. The third kappa shape index (κ3) is 13.0. The molecule has 3 aromatic carbocycles. The molecule has 5 rings (SSSR count). The Morgan fingerprint density at radius 1 is 0.695 bits per heavy atom. The second kappa shape index (κ2) is 22.8. The zero-order chi connectivity index (χ0) is 42.0. The smallest absolute Gasteiger partial charge is 0.266 e. The number of nitrogens with zero attached hydrogens (tertiary/aromatic N) is 1. The molecule has 59 heavy (non-hydrogen) atoms. The van der Waals surface area contributed by atoms with E-state index in [2.05, 4.69) is 16.0 Å². The van der Waals surface area contributed by atoms with Gasteiger partial charge in [-0.1, -0.05) is 24.3 Å². The molecule has 3 N–H and O–H groups in total. The maximum absolute atomic E-state index is 13.2. The third-order valence-electron chi connectivity index (χ3n) is 9.32. The van der Waals surface area contributed by atoms with Crippen LogP contribution in [0.1, 0.15) is 51.1 Å². The SMILES string of the molecule is COc1ccc(CCCc2cccc(OCC(=O)NCCOCCOCCOCCNC(=O)COc3cccc4c3C(=O)N(C3CCC(=O)NC3=O)C4=O)c2)cc1OC. The quantitative estimate of drug-likeness (QED) is 0.0828. The summed E-state index contributed by atoms with van der Waals surface area (Å²) in [5.74, 6) is -1.21. The number of imide groups is 2. The van der Waals surface area contributed by atoms with E-state index in [0.29, 0.717) is 56.8 Å². The summed E-state index contributed by atoms with van der Waals surface area (Å²) in [7, 11) is 3.24. The lowest BCUT2D eigenvalue weighted by molar-refractivity contribution is -0.136. The molecular formula is C42H50N4O13. The highest BCUT2D eigenvalue weighted by molar-refractivity contribution is 6.24. The zero-order valence-electron chi connectivity index (χ0n) is 33.2. The van der Waals surface area contributed by atoms with E-state index in [0.717, 1.165) is 35.3 Å². The number of methoxy groups -OCH3 is 2. The van der Waals surface area contributed by atoms with Crippen molar-refractivity contribution in [2.45, 2.75) is 38.1 Å². The second-order valence-electron chi connectivity index (χ2n) is 13.4. The van der Waals surface area contributed by atoms with Gasteiger partial charge in [-0.05, 0) is 73.2 Å². The number of carbonyl (C=O) groups is 6. The second-order valence-corrected chi connectivity index (χ2v) is 13.4. The van der Waals surface area contributed by atoms with Crippen LogP contribution in [0.3, 0.4) is 0 Å². The minimum Gasteiger partial charge on any atom is -0.493 e. The molecule has 2 heterocycles. The monoisotopic (exact) mass is 818 g/mol. The van der Waals surface area contributed by atoms with Crippen LogP contribution in [-0.2, 0) is 46.2 Å². The van der Waals surface area contributed by atoms with Crippen LogP contribution in [0, 0.1) is 0 Å². The molecule has 0 aliphatic carbocycles. The van der Waals surface area contributed by atoms with Crippen molar-refractivity contribution in [2.75, 3.05) is 80.2 Å². The minimum absolute atomic E-state index is 0.00463. The normalized spacial score (nSPS) is 14.7. The van der Waals surface area contributed by atoms with Crippen molar-refractivity contribution in [3.05, 3.63) is 82.9 Å². The first-order valence-corrected chi connectivity index (χ1v) is 19.3. The molecule has 2 aliphatic heterocycles. The number of nitrogens with one attached hydrogen (secondary N) is 3. The molecule has 17 nitrogen and oxygen atoms in total. The van der Waals surface area contributed by atoms with Crippen LogP contribution in [-0.4, -0.2) is 127 Å². The van der Waals surface area contributed by atoms with Gasteiger partial charge < -0.3 is 43.8 Å². The third-order valence-corrected chi connectivity index (χ3v) is 9.32. The van der Waals surface area contributed by atoms with E-state index in [1.54, 1.807) is 14.2 Å². The van der Waals surface area contributed by atoms with Crippen LogP contribution in [0.5, 0.6) is 23.0 Å². The molecule has 0 radical (unpaired) electrons. The van der Waals surface area contributed by atoms with Gasteiger partial charge >= 0.3 is 0 Å². The van der Waals surface area contributed by atoms with Gasteiger partial charge in [0.05, 0.1) is 65.0 Å². The highest BCUT2D eigenvalue weighted by Gasteiger charge is 2.46. The molecule has 1 atom stereocenters. The van der Waals surface area contributed by atoms with Crippen molar-refractivity contribution < 1.29 is 61.9 Å². The Labute approximate surface area is 341 Å². The molecule has 1 saturated heterocycles. The Hall–Kier alpha value is -6.04. The predicted molar refractivity (Wildman–Crippen MR) is 211 cm³/mol. The van der Waals surface area contributed by atoms with Crippen LogP contribution in [0.2, 0.25) is 0 Å². The number of aryl methyl sites for hydroxylation is 2. The fourth-order valence-electron chi connectivity index (χ4n) is 6.39. The molecular weight excluding hydrogens is 768 g/mol. The Kier molecular flexibility index (Phi) is 17.0. The molecule has 17 heteroatoms. The average Bonchev–Trinajstić information content (AvgIpc) is 3.49. The Bertz CT molecular complexity index is 1950. The Morgan fingerprint density at radius 2 is 1.32 bits per heavy atom. The summed E-state index contributed by atoms with van der Waals surface area (Å²) in [4.78, 5) is 75.4. The van der Waals surface area contributed by atoms with E-state index in [9.17, 15) is 28.8 Å².